The van der Waals surface area contributed by atoms with Crippen molar-refractivity contribution in [1.82, 2.24) is 0 Å². The van der Waals surface area contributed by atoms with Crippen molar-refractivity contribution in [2.45, 2.75) is 13.8 Å². The topological polar surface area (TPSA) is 38.3 Å². The Balaban J connectivity index is 2.05. The minimum atomic E-state index is -0.150. The number of benzene rings is 2. The van der Waals surface area contributed by atoms with Crippen molar-refractivity contribution in [3.8, 4) is 5.75 Å². The van der Waals surface area contributed by atoms with Gasteiger partial charge >= 0.3 is 0 Å². The molecule has 0 aliphatic rings. The van der Waals surface area contributed by atoms with Crippen LogP contribution in [0.1, 0.15) is 16.7 Å². The number of ether oxygens (including phenoxy) is 1. The van der Waals surface area contributed by atoms with E-state index in [0.717, 1.165) is 28.1 Å². The van der Waals surface area contributed by atoms with Crippen molar-refractivity contribution in [2.75, 3.05) is 12.4 Å². The van der Waals surface area contributed by atoms with E-state index < -0.39 is 0 Å². The van der Waals surface area contributed by atoms with E-state index in [4.69, 9.17) is 4.74 Å². The number of hydrogen-bond acceptors (Lipinski definition) is 2. The second-order valence-corrected chi connectivity index (χ2v) is 4.98. The lowest BCUT2D eigenvalue weighted by Gasteiger charge is -2.05. The monoisotopic (exact) mass is 281 g/mol. The van der Waals surface area contributed by atoms with Gasteiger partial charge in [-0.2, -0.15) is 0 Å². The molecule has 0 bridgehead atoms. The fraction of sp³-hybridized carbons (Fsp3) is 0.167. The molecule has 0 aliphatic heterocycles. The molecular formula is C18H19NO2. The van der Waals surface area contributed by atoms with Crippen LogP contribution in [0.3, 0.4) is 0 Å². The van der Waals surface area contributed by atoms with E-state index in [0.29, 0.717) is 0 Å². The number of aryl methyl sites for hydroxylation is 2. The van der Waals surface area contributed by atoms with Gasteiger partial charge in [-0.25, -0.2) is 0 Å². The maximum absolute atomic E-state index is 11.9. The summed E-state index contributed by atoms with van der Waals surface area (Å²) in [5.74, 6) is 0.620. The first-order chi connectivity index (χ1) is 10.1. The van der Waals surface area contributed by atoms with Gasteiger partial charge in [-0.3, -0.25) is 4.79 Å². The molecule has 2 rings (SSSR count). The summed E-state index contributed by atoms with van der Waals surface area (Å²) in [4.78, 5) is 11.9. The Bertz CT molecular complexity index is 654. The normalized spacial score (nSPS) is 10.6. The van der Waals surface area contributed by atoms with Gasteiger partial charge in [0.15, 0.2) is 0 Å². The van der Waals surface area contributed by atoms with Crippen LogP contribution in [0, 0.1) is 13.8 Å². The number of nitrogens with one attached hydrogen (secondary N) is 1. The minimum Gasteiger partial charge on any atom is -0.497 e. The zero-order valence-electron chi connectivity index (χ0n) is 12.5. The molecule has 0 spiro atoms. The summed E-state index contributed by atoms with van der Waals surface area (Å²) < 4.78 is 5.15. The summed E-state index contributed by atoms with van der Waals surface area (Å²) in [6, 6.07) is 13.5. The van der Waals surface area contributed by atoms with Gasteiger partial charge in [-0.05, 0) is 60.9 Å². The summed E-state index contributed by atoms with van der Waals surface area (Å²) in [7, 11) is 1.62. The molecule has 2 aromatic carbocycles. The highest BCUT2D eigenvalue weighted by Crippen LogP contribution is 2.15. The van der Waals surface area contributed by atoms with E-state index in [1.165, 1.54) is 6.08 Å². The molecule has 0 heterocycles. The zero-order chi connectivity index (χ0) is 15.2. The molecule has 0 saturated heterocycles. The van der Waals surface area contributed by atoms with E-state index >= 15 is 0 Å². The number of hydrogen-bond donors (Lipinski definition) is 1. The first-order valence-electron chi connectivity index (χ1n) is 6.78. The molecule has 0 radical (unpaired) electrons. The number of anilines is 1. The van der Waals surface area contributed by atoms with Crippen molar-refractivity contribution < 1.29 is 9.53 Å². The average molecular weight is 281 g/mol. The number of rotatable bonds is 4. The van der Waals surface area contributed by atoms with E-state index in [2.05, 4.69) is 11.4 Å². The maximum Gasteiger partial charge on any atom is 0.248 e. The largest absolute Gasteiger partial charge is 0.497 e. The lowest BCUT2D eigenvalue weighted by molar-refractivity contribution is -0.111. The van der Waals surface area contributed by atoms with Gasteiger partial charge in [-0.1, -0.05) is 18.2 Å². The van der Waals surface area contributed by atoms with Crippen LogP contribution in [0.15, 0.2) is 48.5 Å². The van der Waals surface area contributed by atoms with Crippen LogP contribution in [-0.2, 0) is 4.79 Å². The van der Waals surface area contributed by atoms with E-state index in [1.807, 2.05) is 50.2 Å². The summed E-state index contributed by atoms with van der Waals surface area (Å²) in [5, 5.41) is 2.87. The Morgan fingerprint density at radius 1 is 1.10 bits per heavy atom. The van der Waals surface area contributed by atoms with Crippen molar-refractivity contribution in [3.63, 3.8) is 0 Å². The standard InChI is InChI=1S/C18H19NO2/c1-13-9-14(2)11-16(10-13)19-18(20)8-7-15-5-4-6-17(12-15)21-3/h4-12H,1-3H3,(H,19,20)/b8-7+. The molecule has 0 atom stereocenters. The summed E-state index contributed by atoms with van der Waals surface area (Å²) >= 11 is 0. The molecule has 0 saturated carbocycles. The van der Waals surface area contributed by atoms with Gasteiger partial charge in [0.1, 0.15) is 5.75 Å². The predicted octanol–water partition coefficient (Wildman–Crippen LogP) is 3.96. The molecule has 108 valence electrons. The van der Waals surface area contributed by atoms with E-state index in [-0.39, 0.29) is 5.91 Å². The van der Waals surface area contributed by atoms with Gasteiger partial charge in [0, 0.05) is 11.8 Å². The van der Waals surface area contributed by atoms with Gasteiger partial charge in [-0.15, -0.1) is 0 Å². The van der Waals surface area contributed by atoms with Crippen molar-refractivity contribution in [3.05, 3.63) is 65.2 Å². The third-order valence-electron chi connectivity index (χ3n) is 3.01. The Kier molecular flexibility index (Phi) is 4.77. The minimum absolute atomic E-state index is 0.150. The highest BCUT2D eigenvalue weighted by Gasteiger charge is 2.00. The lowest BCUT2D eigenvalue weighted by atomic mass is 10.1. The van der Waals surface area contributed by atoms with Gasteiger partial charge in [0.25, 0.3) is 0 Å². The van der Waals surface area contributed by atoms with E-state index in [9.17, 15) is 4.79 Å². The Morgan fingerprint density at radius 2 is 1.81 bits per heavy atom. The third-order valence-corrected chi connectivity index (χ3v) is 3.01. The van der Waals surface area contributed by atoms with Crippen molar-refractivity contribution in [2.24, 2.45) is 0 Å². The van der Waals surface area contributed by atoms with Crippen LogP contribution in [0.4, 0.5) is 5.69 Å². The lowest BCUT2D eigenvalue weighted by Crippen LogP contribution is -2.08. The quantitative estimate of drug-likeness (QED) is 0.861. The molecule has 0 aliphatic carbocycles. The molecule has 21 heavy (non-hydrogen) atoms. The summed E-state index contributed by atoms with van der Waals surface area (Å²) in [6.45, 7) is 4.02. The molecule has 2 aromatic rings. The fourth-order valence-corrected chi connectivity index (χ4v) is 2.15. The first-order valence-corrected chi connectivity index (χ1v) is 6.78. The molecule has 0 unspecified atom stereocenters. The Morgan fingerprint density at radius 3 is 2.48 bits per heavy atom. The molecular weight excluding hydrogens is 262 g/mol. The maximum atomic E-state index is 11.9. The van der Waals surface area contributed by atoms with E-state index in [1.54, 1.807) is 13.2 Å². The number of methoxy groups -OCH3 is 1. The van der Waals surface area contributed by atoms with Crippen LogP contribution in [0.2, 0.25) is 0 Å². The SMILES string of the molecule is COc1cccc(/C=C/C(=O)Nc2cc(C)cc(C)c2)c1. The second-order valence-electron chi connectivity index (χ2n) is 4.98. The molecule has 0 fully saturated rings. The van der Waals surface area contributed by atoms with Crippen LogP contribution >= 0.6 is 0 Å². The Labute approximate surface area is 125 Å². The van der Waals surface area contributed by atoms with Crippen LogP contribution in [-0.4, -0.2) is 13.0 Å². The van der Waals surface area contributed by atoms with Crippen LogP contribution in [0.5, 0.6) is 5.75 Å². The first kappa shape index (κ1) is 14.9. The summed E-state index contributed by atoms with van der Waals surface area (Å²) in [5.41, 5.74) is 3.99. The van der Waals surface area contributed by atoms with Crippen molar-refractivity contribution >= 4 is 17.7 Å². The van der Waals surface area contributed by atoms with Gasteiger partial charge in [0.2, 0.25) is 5.91 Å². The van der Waals surface area contributed by atoms with Crippen LogP contribution in [0.25, 0.3) is 6.08 Å². The predicted molar refractivity (Wildman–Crippen MR) is 86.6 cm³/mol. The highest BCUT2D eigenvalue weighted by atomic mass is 16.5. The van der Waals surface area contributed by atoms with Crippen molar-refractivity contribution in [1.29, 1.82) is 0 Å². The average Bonchev–Trinajstić information content (AvgIpc) is 2.44. The molecule has 1 amide bonds. The zero-order valence-corrected chi connectivity index (χ0v) is 12.5. The second kappa shape index (κ2) is 6.75. The van der Waals surface area contributed by atoms with Crippen LogP contribution < -0.4 is 10.1 Å². The smallest absolute Gasteiger partial charge is 0.248 e. The van der Waals surface area contributed by atoms with Gasteiger partial charge in [0.05, 0.1) is 7.11 Å². The summed E-state index contributed by atoms with van der Waals surface area (Å²) in [6.07, 6.45) is 3.28. The molecule has 0 aromatic heterocycles. The number of carbonyl (C=O) groups is 1. The number of amides is 1. The fourth-order valence-electron chi connectivity index (χ4n) is 2.15. The molecule has 1 N–H and O–H groups in total. The third kappa shape index (κ3) is 4.49. The Hall–Kier alpha value is -2.55. The van der Waals surface area contributed by atoms with Gasteiger partial charge < -0.3 is 10.1 Å². The molecule has 3 heteroatoms. The molecule has 3 nitrogen and oxygen atoms in total. The highest BCUT2D eigenvalue weighted by molar-refractivity contribution is 6.02. The number of carbonyl (C=O) groups excluding carboxylic acids is 1.